The summed E-state index contributed by atoms with van der Waals surface area (Å²) in [6, 6.07) is 8.11. The lowest BCUT2D eigenvalue weighted by Gasteiger charge is -2.31. The Bertz CT molecular complexity index is 461. The Hall–Kier alpha value is -1.55. The number of methoxy groups -OCH3 is 1. The Labute approximate surface area is 127 Å². The maximum atomic E-state index is 11.6. The largest absolute Gasteiger partial charge is 0.494 e. The minimum absolute atomic E-state index is 0.0430. The van der Waals surface area contributed by atoms with E-state index in [0.717, 1.165) is 44.6 Å². The predicted octanol–water partition coefficient (Wildman–Crippen LogP) is 2.65. The number of nitrogens with zero attached hydrogens (tertiary/aromatic N) is 1. The number of hydrogen-bond acceptors (Lipinski definition) is 4. The summed E-state index contributed by atoms with van der Waals surface area (Å²) in [6.07, 6.45) is 2.99. The van der Waals surface area contributed by atoms with Crippen molar-refractivity contribution in [3.63, 3.8) is 0 Å². The highest BCUT2D eigenvalue weighted by Crippen LogP contribution is 2.18. The average molecular weight is 291 g/mol. The van der Waals surface area contributed by atoms with Crippen molar-refractivity contribution in [3.8, 4) is 5.75 Å². The summed E-state index contributed by atoms with van der Waals surface area (Å²) in [4.78, 5) is 13.9. The number of likely N-dealkylation sites (tertiary alicyclic amines) is 1. The number of ether oxygens (including phenoxy) is 2. The maximum absolute atomic E-state index is 11.6. The van der Waals surface area contributed by atoms with Gasteiger partial charge in [-0.3, -0.25) is 4.79 Å². The van der Waals surface area contributed by atoms with Crippen LogP contribution in [-0.2, 0) is 9.53 Å². The first kappa shape index (κ1) is 15.8. The molecule has 4 heteroatoms. The number of hydrogen-bond donors (Lipinski definition) is 0. The fourth-order valence-corrected chi connectivity index (χ4v) is 2.80. The molecule has 0 radical (unpaired) electrons. The van der Waals surface area contributed by atoms with Crippen LogP contribution >= 0.6 is 0 Å². The van der Waals surface area contributed by atoms with E-state index in [1.54, 1.807) is 0 Å². The Kier molecular flexibility index (Phi) is 6.05. The van der Waals surface area contributed by atoms with Crippen LogP contribution in [0.5, 0.6) is 5.75 Å². The highest BCUT2D eigenvalue weighted by Gasteiger charge is 2.25. The first-order valence-electron chi connectivity index (χ1n) is 7.68. The molecule has 0 unspecified atom stereocenters. The van der Waals surface area contributed by atoms with Gasteiger partial charge in [-0.2, -0.15) is 0 Å². The predicted molar refractivity (Wildman–Crippen MR) is 82.5 cm³/mol. The van der Waals surface area contributed by atoms with Crippen molar-refractivity contribution in [1.29, 1.82) is 0 Å². The van der Waals surface area contributed by atoms with Crippen LogP contribution in [0.1, 0.15) is 24.8 Å². The molecular weight excluding hydrogens is 266 g/mol. The normalized spacial score (nSPS) is 19.2. The number of benzene rings is 1. The van der Waals surface area contributed by atoms with Gasteiger partial charge in [0.1, 0.15) is 5.75 Å². The van der Waals surface area contributed by atoms with Gasteiger partial charge in [0.25, 0.3) is 0 Å². The second kappa shape index (κ2) is 8.03. The molecule has 1 atom stereocenters. The van der Waals surface area contributed by atoms with E-state index in [0.29, 0.717) is 6.61 Å². The summed E-state index contributed by atoms with van der Waals surface area (Å²) in [6.45, 7) is 5.63. The van der Waals surface area contributed by atoms with Crippen LogP contribution in [-0.4, -0.2) is 44.2 Å². The molecule has 0 bridgehead atoms. The van der Waals surface area contributed by atoms with Gasteiger partial charge in [0.05, 0.1) is 19.6 Å². The molecule has 1 aromatic carbocycles. The van der Waals surface area contributed by atoms with Crippen LogP contribution in [0, 0.1) is 12.8 Å². The van der Waals surface area contributed by atoms with E-state index >= 15 is 0 Å². The average Bonchev–Trinajstić information content (AvgIpc) is 2.51. The van der Waals surface area contributed by atoms with Gasteiger partial charge in [-0.15, -0.1) is 0 Å². The van der Waals surface area contributed by atoms with Crippen molar-refractivity contribution in [3.05, 3.63) is 29.8 Å². The van der Waals surface area contributed by atoms with Crippen LogP contribution in [0.4, 0.5) is 0 Å². The van der Waals surface area contributed by atoms with Gasteiger partial charge in [0.2, 0.25) is 0 Å². The molecule has 0 saturated carbocycles. The number of piperidine rings is 1. The first-order valence-corrected chi connectivity index (χ1v) is 7.68. The number of carbonyl (C=O) groups excluding carboxylic acids is 1. The molecule has 21 heavy (non-hydrogen) atoms. The molecule has 0 aromatic heterocycles. The van der Waals surface area contributed by atoms with Crippen LogP contribution in [0.2, 0.25) is 0 Å². The standard InChI is InChI=1S/C17H25NO3/c1-14-6-3-8-16(12-14)21-11-5-10-18-9-4-7-15(13-18)17(19)20-2/h3,6,8,12,15H,4-5,7,9-11,13H2,1-2H3/t15-/m0/s1. The molecule has 2 rings (SSSR count). The number of carbonyl (C=O) groups is 1. The second-order valence-electron chi connectivity index (χ2n) is 5.68. The second-order valence-corrected chi connectivity index (χ2v) is 5.68. The third kappa shape index (κ3) is 5.05. The first-order chi connectivity index (χ1) is 10.2. The summed E-state index contributed by atoms with van der Waals surface area (Å²) < 4.78 is 10.6. The molecule has 1 aliphatic heterocycles. The molecule has 4 nitrogen and oxygen atoms in total. The van der Waals surface area contributed by atoms with E-state index in [1.165, 1.54) is 12.7 Å². The molecule has 1 aliphatic rings. The zero-order valence-electron chi connectivity index (χ0n) is 13.0. The topological polar surface area (TPSA) is 38.8 Å². The molecule has 1 aromatic rings. The van der Waals surface area contributed by atoms with Crippen LogP contribution < -0.4 is 4.74 Å². The molecule has 0 N–H and O–H groups in total. The molecule has 116 valence electrons. The molecule has 0 spiro atoms. The zero-order chi connectivity index (χ0) is 15.1. The van der Waals surface area contributed by atoms with Crippen LogP contribution in [0.3, 0.4) is 0 Å². The smallest absolute Gasteiger partial charge is 0.309 e. The molecule has 0 aliphatic carbocycles. The fourth-order valence-electron chi connectivity index (χ4n) is 2.80. The van der Waals surface area contributed by atoms with Gasteiger partial charge >= 0.3 is 5.97 Å². The van der Waals surface area contributed by atoms with Crippen LogP contribution in [0.25, 0.3) is 0 Å². The summed E-state index contributed by atoms with van der Waals surface area (Å²) in [5.41, 5.74) is 1.21. The molecule has 0 amide bonds. The molecule has 1 fully saturated rings. The van der Waals surface area contributed by atoms with Crippen molar-refractivity contribution in [1.82, 2.24) is 4.90 Å². The van der Waals surface area contributed by atoms with Crippen molar-refractivity contribution in [2.24, 2.45) is 5.92 Å². The van der Waals surface area contributed by atoms with Gasteiger partial charge in [-0.1, -0.05) is 12.1 Å². The summed E-state index contributed by atoms with van der Waals surface area (Å²) in [7, 11) is 1.47. The van der Waals surface area contributed by atoms with Crippen LogP contribution in [0.15, 0.2) is 24.3 Å². The Morgan fingerprint density at radius 3 is 3.05 bits per heavy atom. The van der Waals surface area contributed by atoms with E-state index in [4.69, 9.17) is 9.47 Å². The van der Waals surface area contributed by atoms with Gasteiger partial charge in [0, 0.05) is 13.1 Å². The third-order valence-corrected chi connectivity index (χ3v) is 3.92. The quantitative estimate of drug-likeness (QED) is 0.596. The molecular formula is C17H25NO3. The summed E-state index contributed by atoms with van der Waals surface area (Å²) in [5.74, 6) is 0.901. The number of aryl methyl sites for hydroxylation is 1. The minimum Gasteiger partial charge on any atom is -0.494 e. The molecule has 1 heterocycles. The highest BCUT2D eigenvalue weighted by atomic mass is 16.5. The SMILES string of the molecule is COC(=O)[C@H]1CCCN(CCCOc2cccc(C)c2)C1. The van der Waals surface area contributed by atoms with Crippen molar-refractivity contribution in [2.45, 2.75) is 26.2 Å². The number of rotatable bonds is 6. The van der Waals surface area contributed by atoms with Gasteiger partial charge in [-0.05, 0) is 50.4 Å². The van der Waals surface area contributed by atoms with E-state index in [9.17, 15) is 4.79 Å². The van der Waals surface area contributed by atoms with E-state index < -0.39 is 0 Å². The molecule has 1 saturated heterocycles. The van der Waals surface area contributed by atoms with Gasteiger partial charge in [-0.25, -0.2) is 0 Å². The van der Waals surface area contributed by atoms with Gasteiger partial charge < -0.3 is 14.4 Å². The highest BCUT2D eigenvalue weighted by molar-refractivity contribution is 5.72. The third-order valence-electron chi connectivity index (χ3n) is 3.92. The van der Waals surface area contributed by atoms with E-state index in [2.05, 4.69) is 17.9 Å². The lowest BCUT2D eigenvalue weighted by atomic mass is 9.98. The van der Waals surface area contributed by atoms with Gasteiger partial charge in [0.15, 0.2) is 0 Å². The zero-order valence-corrected chi connectivity index (χ0v) is 13.0. The van der Waals surface area contributed by atoms with Crippen molar-refractivity contribution >= 4 is 5.97 Å². The lowest BCUT2D eigenvalue weighted by Crippen LogP contribution is -2.39. The number of esters is 1. The lowest BCUT2D eigenvalue weighted by molar-refractivity contribution is -0.147. The Morgan fingerprint density at radius 1 is 1.43 bits per heavy atom. The van der Waals surface area contributed by atoms with E-state index in [1.807, 2.05) is 18.2 Å². The van der Waals surface area contributed by atoms with Crippen molar-refractivity contribution in [2.75, 3.05) is 33.4 Å². The maximum Gasteiger partial charge on any atom is 0.309 e. The minimum atomic E-state index is -0.0734. The fraction of sp³-hybridized carbons (Fsp3) is 0.588. The Balaban J connectivity index is 1.67. The Morgan fingerprint density at radius 2 is 2.29 bits per heavy atom. The summed E-state index contributed by atoms with van der Waals surface area (Å²) >= 11 is 0. The summed E-state index contributed by atoms with van der Waals surface area (Å²) in [5, 5.41) is 0. The van der Waals surface area contributed by atoms with E-state index in [-0.39, 0.29) is 11.9 Å². The monoisotopic (exact) mass is 291 g/mol. The van der Waals surface area contributed by atoms with Crippen molar-refractivity contribution < 1.29 is 14.3 Å².